The molecule has 0 aliphatic rings. The van der Waals surface area contributed by atoms with E-state index in [0.29, 0.717) is 11.3 Å². The van der Waals surface area contributed by atoms with E-state index in [1.165, 1.54) is 6.20 Å². The average molecular weight is 310 g/mol. The third kappa shape index (κ3) is 2.32. The maximum atomic E-state index is 11.6. The number of nitrogens with one attached hydrogen (secondary N) is 1. The van der Waals surface area contributed by atoms with Crippen molar-refractivity contribution in [2.75, 3.05) is 12.4 Å². The Hall–Kier alpha value is -2.89. The molecule has 0 aliphatic carbocycles. The van der Waals surface area contributed by atoms with Gasteiger partial charge in [0.05, 0.1) is 22.5 Å². The van der Waals surface area contributed by atoms with Gasteiger partial charge in [0, 0.05) is 24.2 Å². The zero-order valence-corrected chi connectivity index (χ0v) is 13.5. The molecular weight excluding hydrogens is 292 g/mol. The summed E-state index contributed by atoms with van der Waals surface area (Å²) in [6.45, 7) is 5.82. The minimum Gasteiger partial charge on any atom is -0.387 e. The number of pyridine rings is 1. The summed E-state index contributed by atoms with van der Waals surface area (Å²) in [6, 6.07) is 3.99. The average Bonchev–Trinajstić information content (AvgIpc) is 2.84. The van der Waals surface area contributed by atoms with Crippen molar-refractivity contribution in [3.05, 3.63) is 40.9 Å². The molecule has 0 saturated heterocycles. The van der Waals surface area contributed by atoms with E-state index in [9.17, 15) is 4.79 Å². The van der Waals surface area contributed by atoms with Crippen molar-refractivity contribution in [1.29, 1.82) is 0 Å². The van der Waals surface area contributed by atoms with Crippen molar-refractivity contribution in [2.45, 2.75) is 20.8 Å². The number of aromatic nitrogens is 2. The van der Waals surface area contributed by atoms with Crippen molar-refractivity contribution >= 4 is 22.5 Å². The van der Waals surface area contributed by atoms with Gasteiger partial charge in [-0.2, -0.15) is 0 Å². The van der Waals surface area contributed by atoms with Crippen LogP contribution in [0.15, 0.2) is 22.9 Å². The Labute approximate surface area is 133 Å². The monoisotopic (exact) mass is 310 g/mol. The second-order valence-corrected chi connectivity index (χ2v) is 5.54. The Morgan fingerprint density at radius 2 is 2.00 bits per heavy atom. The van der Waals surface area contributed by atoms with Crippen molar-refractivity contribution in [1.82, 2.24) is 10.1 Å². The number of fused-ring (bicyclic) bond motifs is 1. The molecule has 2 aromatic heterocycles. The molecular formula is C17H18N4O2. The molecule has 6 nitrogen and oxygen atoms in total. The second-order valence-electron chi connectivity index (χ2n) is 5.54. The smallest absolute Gasteiger partial charge is 0.252 e. The maximum Gasteiger partial charge on any atom is 0.252 e. The molecule has 3 N–H and O–H groups in total. The number of carbonyl (C=O) groups excluding carboxylic acids is 1. The summed E-state index contributed by atoms with van der Waals surface area (Å²) < 4.78 is 5.27. The number of nitrogens with two attached hydrogens (primary N) is 1. The summed E-state index contributed by atoms with van der Waals surface area (Å²) in [5.41, 5.74) is 11.2. The maximum absolute atomic E-state index is 11.6. The molecule has 0 unspecified atom stereocenters. The van der Waals surface area contributed by atoms with Crippen LogP contribution in [0.4, 0.5) is 5.69 Å². The van der Waals surface area contributed by atoms with Crippen LogP contribution >= 0.6 is 0 Å². The molecule has 0 aliphatic heterocycles. The molecule has 0 saturated carbocycles. The first-order valence-corrected chi connectivity index (χ1v) is 7.28. The number of rotatable bonds is 3. The summed E-state index contributed by atoms with van der Waals surface area (Å²) in [4.78, 5) is 16.0. The Balaban J connectivity index is 2.32. The lowest BCUT2D eigenvalue weighted by Gasteiger charge is -2.13. The van der Waals surface area contributed by atoms with E-state index in [1.54, 1.807) is 7.05 Å². The molecule has 118 valence electrons. The number of hydrogen-bond donors (Lipinski definition) is 2. The number of primary amides is 1. The normalized spacial score (nSPS) is 11.0. The first-order valence-electron chi connectivity index (χ1n) is 7.28. The molecule has 0 fully saturated rings. The van der Waals surface area contributed by atoms with Crippen LogP contribution in [0.25, 0.3) is 22.0 Å². The second kappa shape index (κ2) is 5.39. The van der Waals surface area contributed by atoms with E-state index in [0.717, 1.165) is 39.0 Å². The Morgan fingerprint density at radius 3 is 2.57 bits per heavy atom. The third-order valence-corrected chi connectivity index (χ3v) is 4.03. The molecule has 2 heterocycles. The summed E-state index contributed by atoms with van der Waals surface area (Å²) in [5, 5.41) is 7.93. The van der Waals surface area contributed by atoms with Crippen molar-refractivity contribution < 1.29 is 9.32 Å². The first kappa shape index (κ1) is 15.0. The Bertz CT molecular complexity index is 908. The van der Waals surface area contributed by atoms with Gasteiger partial charge in [-0.05, 0) is 44.0 Å². The molecule has 3 aromatic rings. The highest BCUT2D eigenvalue weighted by Crippen LogP contribution is 2.35. The highest BCUT2D eigenvalue weighted by Gasteiger charge is 2.17. The number of amides is 1. The minimum absolute atomic E-state index is 0.379. The van der Waals surface area contributed by atoms with Crippen molar-refractivity contribution in [3.63, 3.8) is 0 Å². The number of hydrogen-bond acceptors (Lipinski definition) is 5. The van der Waals surface area contributed by atoms with Crippen LogP contribution < -0.4 is 11.1 Å². The lowest BCUT2D eigenvalue weighted by Crippen LogP contribution is -2.14. The number of anilines is 1. The van der Waals surface area contributed by atoms with Crippen LogP contribution in [0, 0.1) is 20.8 Å². The van der Waals surface area contributed by atoms with Crippen LogP contribution in [0.3, 0.4) is 0 Å². The van der Waals surface area contributed by atoms with Gasteiger partial charge in [0.2, 0.25) is 0 Å². The lowest BCUT2D eigenvalue weighted by atomic mass is 9.96. The van der Waals surface area contributed by atoms with E-state index in [2.05, 4.69) is 15.5 Å². The fourth-order valence-corrected chi connectivity index (χ4v) is 2.94. The fraction of sp³-hybridized carbons (Fsp3) is 0.235. The molecule has 0 spiro atoms. The standard InChI is InChI=1S/C17H18N4O2/c1-8-5-12-14(20-7-13(17(18)22)16(12)19-4)6-11(8)15-9(2)21-23-10(15)3/h5-7H,1-4H3,(H2,18,22)(H,19,20). The number of aryl methyl sites for hydroxylation is 3. The zero-order chi connectivity index (χ0) is 16.7. The van der Waals surface area contributed by atoms with Crippen molar-refractivity contribution in [3.8, 4) is 11.1 Å². The lowest BCUT2D eigenvalue weighted by molar-refractivity contribution is 0.100. The van der Waals surface area contributed by atoms with Crippen molar-refractivity contribution in [2.24, 2.45) is 5.73 Å². The van der Waals surface area contributed by atoms with Gasteiger partial charge >= 0.3 is 0 Å². The first-order chi connectivity index (χ1) is 10.9. The summed E-state index contributed by atoms with van der Waals surface area (Å²) >= 11 is 0. The van der Waals surface area contributed by atoms with Gasteiger partial charge in [-0.3, -0.25) is 9.78 Å². The molecule has 6 heteroatoms. The molecule has 0 atom stereocenters. The molecule has 0 bridgehead atoms. The van der Waals surface area contributed by atoms with Crippen LogP contribution in [-0.2, 0) is 0 Å². The Kier molecular flexibility index (Phi) is 3.52. The zero-order valence-electron chi connectivity index (χ0n) is 13.5. The summed E-state index contributed by atoms with van der Waals surface area (Å²) in [5.74, 6) is 0.267. The highest BCUT2D eigenvalue weighted by molar-refractivity contribution is 6.07. The van der Waals surface area contributed by atoms with E-state index >= 15 is 0 Å². The van der Waals surface area contributed by atoms with E-state index in [4.69, 9.17) is 10.3 Å². The molecule has 3 rings (SSSR count). The Morgan fingerprint density at radius 1 is 1.26 bits per heavy atom. The topological polar surface area (TPSA) is 94.0 Å². The largest absolute Gasteiger partial charge is 0.387 e. The highest BCUT2D eigenvalue weighted by atomic mass is 16.5. The van der Waals surface area contributed by atoms with Gasteiger partial charge in [-0.15, -0.1) is 0 Å². The quantitative estimate of drug-likeness (QED) is 0.775. The van der Waals surface area contributed by atoms with Crippen LogP contribution in [0.1, 0.15) is 27.4 Å². The predicted octanol–water partition coefficient (Wildman–Crippen LogP) is 2.96. The number of carbonyl (C=O) groups is 1. The molecule has 1 aromatic carbocycles. The van der Waals surface area contributed by atoms with E-state index in [1.807, 2.05) is 32.9 Å². The summed E-state index contributed by atoms with van der Waals surface area (Å²) in [7, 11) is 1.76. The van der Waals surface area contributed by atoms with E-state index < -0.39 is 5.91 Å². The third-order valence-electron chi connectivity index (χ3n) is 4.03. The van der Waals surface area contributed by atoms with Gasteiger partial charge in [-0.25, -0.2) is 0 Å². The number of benzene rings is 1. The van der Waals surface area contributed by atoms with Crippen LogP contribution in [0.5, 0.6) is 0 Å². The number of nitrogens with zero attached hydrogens (tertiary/aromatic N) is 2. The summed E-state index contributed by atoms with van der Waals surface area (Å²) in [6.07, 6.45) is 1.50. The predicted molar refractivity (Wildman–Crippen MR) is 89.5 cm³/mol. The van der Waals surface area contributed by atoms with Crippen LogP contribution in [0.2, 0.25) is 0 Å². The van der Waals surface area contributed by atoms with Gasteiger partial charge in [0.1, 0.15) is 5.76 Å². The van der Waals surface area contributed by atoms with Gasteiger partial charge in [-0.1, -0.05) is 5.16 Å². The van der Waals surface area contributed by atoms with Gasteiger partial charge in [0.25, 0.3) is 5.91 Å². The fourth-order valence-electron chi connectivity index (χ4n) is 2.94. The van der Waals surface area contributed by atoms with Gasteiger partial charge < -0.3 is 15.6 Å². The molecule has 0 radical (unpaired) electrons. The molecule has 1 amide bonds. The van der Waals surface area contributed by atoms with Gasteiger partial charge in [0.15, 0.2) is 0 Å². The van der Waals surface area contributed by atoms with E-state index in [-0.39, 0.29) is 0 Å². The molecule has 23 heavy (non-hydrogen) atoms. The minimum atomic E-state index is -0.504. The SMILES string of the molecule is CNc1c(C(N)=O)cnc2cc(-c3c(C)noc3C)c(C)cc12. The van der Waals surface area contributed by atoms with Crippen LogP contribution in [-0.4, -0.2) is 23.1 Å².